The van der Waals surface area contributed by atoms with Crippen molar-refractivity contribution in [2.24, 2.45) is 0 Å². The average molecular weight is 323 g/mol. The summed E-state index contributed by atoms with van der Waals surface area (Å²) in [6, 6.07) is 4.61. The predicted molar refractivity (Wildman–Crippen MR) is 81.3 cm³/mol. The van der Waals surface area contributed by atoms with E-state index in [1.807, 2.05) is 0 Å². The van der Waals surface area contributed by atoms with Gasteiger partial charge in [-0.3, -0.25) is 4.79 Å². The molecule has 2 rings (SSSR count). The van der Waals surface area contributed by atoms with E-state index in [4.69, 9.17) is 4.74 Å². The number of ether oxygens (including phenoxy) is 2. The number of benzene rings is 1. The van der Waals surface area contributed by atoms with Crippen LogP contribution in [0.4, 0.5) is 4.79 Å². The third-order valence-electron chi connectivity index (χ3n) is 4.01. The lowest BCUT2D eigenvalue weighted by atomic mass is 9.82. The molecule has 0 saturated heterocycles. The van der Waals surface area contributed by atoms with Crippen LogP contribution in [-0.2, 0) is 14.3 Å². The fourth-order valence-electron chi connectivity index (χ4n) is 2.78. The number of methoxy groups -OCH3 is 1. The largest absolute Gasteiger partial charge is 0.508 e. The minimum atomic E-state index is -0.633. The summed E-state index contributed by atoms with van der Waals surface area (Å²) >= 11 is 0. The van der Waals surface area contributed by atoms with Gasteiger partial charge in [-0.15, -0.1) is 0 Å². The van der Waals surface area contributed by atoms with E-state index >= 15 is 0 Å². The van der Waals surface area contributed by atoms with Crippen molar-refractivity contribution in [1.82, 2.24) is 5.32 Å². The second-order valence-electron chi connectivity index (χ2n) is 5.55. The number of amides is 1. The van der Waals surface area contributed by atoms with E-state index in [2.05, 4.69) is 10.1 Å². The normalized spacial score (nSPS) is 20.6. The fraction of sp³-hybridized carbons (Fsp3) is 0.500. The van der Waals surface area contributed by atoms with Crippen LogP contribution >= 0.6 is 0 Å². The minimum absolute atomic E-state index is 0.0329. The van der Waals surface area contributed by atoms with Crippen LogP contribution in [0.5, 0.6) is 11.5 Å². The topological polar surface area (TPSA) is 105 Å². The first-order valence-corrected chi connectivity index (χ1v) is 7.52. The Kier molecular flexibility index (Phi) is 5.67. The van der Waals surface area contributed by atoms with Crippen LogP contribution in [0.1, 0.15) is 37.2 Å². The number of hydrogen-bond donors (Lipinski definition) is 3. The highest BCUT2D eigenvalue weighted by Crippen LogP contribution is 2.39. The van der Waals surface area contributed by atoms with Gasteiger partial charge in [0.1, 0.15) is 24.1 Å². The summed E-state index contributed by atoms with van der Waals surface area (Å²) < 4.78 is 9.68. The van der Waals surface area contributed by atoms with Gasteiger partial charge in [0, 0.05) is 6.07 Å². The van der Waals surface area contributed by atoms with Crippen LogP contribution < -0.4 is 5.32 Å². The van der Waals surface area contributed by atoms with Crippen molar-refractivity contribution in [3.05, 3.63) is 23.8 Å². The standard InChI is InChI=1S/C16H21NO6/c1-22-15(20)9-17-16(21)23-12-5-2-10(3-6-12)13-7-4-11(18)8-14(13)19/h4,7-8,10,12,18-19H,2-3,5-6,9H2,1H3,(H,17,21). The van der Waals surface area contributed by atoms with E-state index in [-0.39, 0.29) is 30.1 Å². The van der Waals surface area contributed by atoms with Crippen molar-refractivity contribution in [3.8, 4) is 11.5 Å². The molecule has 1 aromatic carbocycles. The molecule has 0 heterocycles. The number of alkyl carbamates (subject to hydrolysis) is 1. The van der Waals surface area contributed by atoms with Gasteiger partial charge < -0.3 is 25.0 Å². The molecule has 1 fully saturated rings. The second kappa shape index (κ2) is 7.71. The molecule has 7 heteroatoms. The Balaban J connectivity index is 1.79. The molecule has 7 nitrogen and oxygen atoms in total. The smallest absolute Gasteiger partial charge is 0.407 e. The summed E-state index contributed by atoms with van der Waals surface area (Å²) in [5.74, 6) is -0.238. The van der Waals surface area contributed by atoms with Crippen LogP contribution in [0.25, 0.3) is 0 Å². The zero-order chi connectivity index (χ0) is 16.8. The number of nitrogens with one attached hydrogen (secondary N) is 1. The number of aromatic hydroxyl groups is 2. The van der Waals surface area contributed by atoms with Crippen LogP contribution in [0.2, 0.25) is 0 Å². The molecule has 0 bridgehead atoms. The van der Waals surface area contributed by atoms with Gasteiger partial charge in [0.25, 0.3) is 0 Å². The van der Waals surface area contributed by atoms with Crippen LogP contribution in [0.3, 0.4) is 0 Å². The van der Waals surface area contributed by atoms with Gasteiger partial charge >= 0.3 is 12.1 Å². The summed E-state index contributed by atoms with van der Waals surface area (Å²) in [6.45, 7) is -0.216. The Hall–Kier alpha value is -2.44. The molecule has 0 unspecified atom stereocenters. The van der Waals surface area contributed by atoms with Crippen LogP contribution in [0.15, 0.2) is 18.2 Å². The first-order valence-electron chi connectivity index (χ1n) is 7.52. The lowest BCUT2D eigenvalue weighted by Gasteiger charge is -2.28. The van der Waals surface area contributed by atoms with Gasteiger partial charge in [0.15, 0.2) is 0 Å². The fourth-order valence-corrected chi connectivity index (χ4v) is 2.78. The van der Waals surface area contributed by atoms with E-state index in [9.17, 15) is 19.8 Å². The maximum Gasteiger partial charge on any atom is 0.407 e. The lowest BCUT2D eigenvalue weighted by Crippen LogP contribution is -2.34. The Morgan fingerprint density at radius 3 is 2.52 bits per heavy atom. The van der Waals surface area contributed by atoms with E-state index in [1.54, 1.807) is 12.1 Å². The van der Waals surface area contributed by atoms with Gasteiger partial charge in [-0.25, -0.2) is 4.79 Å². The van der Waals surface area contributed by atoms with Gasteiger partial charge in [-0.05, 0) is 43.2 Å². The third kappa shape index (κ3) is 4.77. The Morgan fingerprint density at radius 1 is 1.22 bits per heavy atom. The second-order valence-corrected chi connectivity index (χ2v) is 5.55. The highest BCUT2D eigenvalue weighted by atomic mass is 16.6. The summed E-state index contributed by atoms with van der Waals surface area (Å²) in [5, 5.41) is 21.6. The van der Waals surface area contributed by atoms with Crippen LogP contribution in [0, 0.1) is 0 Å². The van der Waals surface area contributed by atoms with Crippen molar-refractivity contribution in [2.75, 3.05) is 13.7 Å². The maximum absolute atomic E-state index is 11.6. The quantitative estimate of drug-likeness (QED) is 0.732. The van der Waals surface area contributed by atoms with Gasteiger partial charge in [0.2, 0.25) is 0 Å². The Bertz CT molecular complexity index is 566. The van der Waals surface area contributed by atoms with Crippen molar-refractivity contribution < 1.29 is 29.3 Å². The SMILES string of the molecule is COC(=O)CNC(=O)OC1CCC(c2ccc(O)cc2O)CC1. The number of rotatable bonds is 4. The molecule has 126 valence electrons. The summed E-state index contributed by atoms with van der Waals surface area (Å²) in [6.07, 6.45) is 2.06. The molecular weight excluding hydrogens is 302 g/mol. The average Bonchev–Trinajstić information content (AvgIpc) is 2.53. The molecule has 0 aliphatic heterocycles. The molecule has 0 aromatic heterocycles. The summed E-state index contributed by atoms with van der Waals surface area (Å²) in [5.41, 5.74) is 0.802. The van der Waals surface area contributed by atoms with E-state index < -0.39 is 12.1 Å². The molecule has 0 radical (unpaired) electrons. The number of phenols is 2. The van der Waals surface area contributed by atoms with E-state index in [0.29, 0.717) is 12.8 Å². The highest BCUT2D eigenvalue weighted by molar-refractivity contribution is 5.77. The zero-order valence-electron chi connectivity index (χ0n) is 12.9. The molecule has 0 spiro atoms. The first-order chi connectivity index (χ1) is 11.0. The highest BCUT2D eigenvalue weighted by Gasteiger charge is 2.26. The van der Waals surface area contributed by atoms with Gasteiger partial charge in [-0.2, -0.15) is 0 Å². The maximum atomic E-state index is 11.6. The molecule has 3 N–H and O–H groups in total. The summed E-state index contributed by atoms with van der Waals surface area (Å²) in [4.78, 5) is 22.5. The lowest BCUT2D eigenvalue weighted by molar-refractivity contribution is -0.139. The zero-order valence-corrected chi connectivity index (χ0v) is 12.9. The predicted octanol–water partition coefficient (Wildman–Crippen LogP) is 2.02. The van der Waals surface area contributed by atoms with Crippen molar-refractivity contribution in [2.45, 2.75) is 37.7 Å². The molecule has 0 atom stereocenters. The molecule has 1 saturated carbocycles. The van der Waals surface area contributed by atoms with Gasteiger partial charge in [-0.1, -0.05) is 6.07 Å². The number of esters is 1. The monoisotopic (exact) mass is 323 g/mol. The molecule has 1 aromatic rings. The molecule has 23 heavy (non-hydrogen) atoms. The van der Waals surface area contributed by atoms with E-state index in [1.165, 1.54) is 13.2 Å². The number of phenolic OH excluding ortho intramolecular Hbond substituents is 2. The minimum Gasteiger partial charge on any atom is -0.508 e. The molecule has 1 aliphatic rings. The van der Waals surface area contributed by atoms with Gasteiger partial charge in [0.05, 0.1) is 7.11 Å². The van der Waals surface area contributed by atoms with Crippen molar-refractivity contribution in [1.29, 1.82) is 0 Å². The third-order valence-corrected chi connectivity index (χ3v) is 4.01. The molecule has 1 aliphatic carbocycles. The van der Waals surface area contributed by atoms with Crippen LogP contribution in [-0.4, -0.2) is 42.0 Å². The molecular formula is C16H21NO6. The first kappa shape index (κ1) is 16.9. The Labute approximate surface area is 134 Å². The summed E-state index contributed by atoms with van der Waals surface area (Å²) in [7, 11) is 1.25. The van der Waals surface area contributed by atoms with Crippen molar-refractivity contribution in [3.63, 3.8) is 0 Å². The molecule has 1 amide bonds. The number of carbonyl (C=O) groups is 2. The van der Waals surface area contributed by atoms with E-state index in [0.717, 1.165) is 18.4 Å². The van der Waals surface area contributed by atoms with Crippen molar-refractivity contribution >= 4 is 12.1 Å². The Morgan fingerprint density at radius 2 is 1.91 bits per heavy atom. The number of hydrogen-bond acceptors (Lipinski definition) is 6. The number of carbonyl (C=O) groups excluding carboxylic acids is 2.